The lowest BCUT2D eigenvalue weighted by atomic mass is 10.1. The molecule has 3 aromatic rings. The van der Waals surface area contributed by atoms with Crippen LogP contribution in [0.4, 0.5) is 5.95 Å². The first kappa shape index (κ1) is 16.4. The highest BCUT2D eigenvalue weighted by atomic mass is 35.5. The zero-order chi connectivity index (χ0) is 17.4. The van der Waals surface area contributed by atoms with Crippen molar-refractivity contribution in [3.8, 4) is 5.75 Å². The van der Waals surface area contributed by atoms with E-state index < -0.39 is 6.23 Å². The summed E-state index contributed by atoms with van der Waals surface area (Å²) >= 11 is 6.09. The first-order valence-electron chi connectivity index (χ1n) is 7.16. The van der Waals surface area contributed by atoms with Gasteiger partial charge in [0, 0.05) is 24.4 Å². The Hall–Kier alpha value is -2.45. The van der Waals surface area contributed by atoms with E-state index in [9.17, 15) is 0 Å². The van der Waals surface area contributed by atoms with E-state index in [0.717, 1.165) is 16.9 Å². The Morgan fingerprint density at radius 2 is 1.96 bits per heavy atom. The Kier molecular flexibility index (Phi) is 4.25. The normalized spacial score (nSPS) is 12.5. The molecule has 0 aliphatic carbocycles. The molecule has 1 atom stereocenters. The number of rotatable bonds is 4. The Labute approximate surface area is 143 Å². The van der Waals surface area contributed by atoms with E-state index in [0.29, 0.717) is 16.9 Å². The van der Waals surface area contributed by atoms with Crippen molar-refractivity contribution >= 4 is 28.7 Å². The van der Waals surface area contributed by atoms with E-state index in [2.05, 4.69) is 19.9 Å². The van der Waals surface area contributed by atoms with E-state index in [1.54, 1.807) is 31.3 Å². The monoisotopic (exact) mass is 348 g/mol. The number of halogens is 1. The molecule has 0 aliphatic heterocycles. The van der Waals surface area contributed by atoms with Gasteiger partial charge >= 0.3 is 0 Å². The maximum atomic E-state index is 6.09. The van der Waals surface area contributed by atoms with E-state index >= 15 is 0 Å². The highest BCUT2D eigenvalue weighted by Gasteiger charge is 2.23. The molecule has 0 radical (unpaired) electrons. The molecule has 126 valence electrons. The summed E-state index contributed by atoms with van der Waals surface area (Å²) in [6.07, 6.45) is 2.75. The molecular weight excluding hydrogens is 332 g/mol. The largest absolute Gasteiger partial charge is 0.496 e. The van der Waals surface area contributed by atoms with Gasteiger partial charge in [0.25, 0.3) is 0 Å². The standard InChI is InChI=1S/C15H17ClN6O2/c1-7-5-18-9(8(2)11(7)23-3)14(24-4)22-6-19-10-12(16)20-15(17)21-13(10)22/h5-6,14H,1-4H3,(H2,17,20,21). The zero-order valence-corrected chi connectivity index (χ0v) is 14.5. The minimum atomic E-state index is -0.560. The van der Waals surface area contributed by atoms with E-state index in [-0.39, 0.29) is 11.1 Å². The van der Waals surface area contributed by atoms with Gasteiger partial charge in [0.15, 0.2) is 17.0 Å². The molecule has 0 saturated heterocycles. The van der Waals surface area contributed by atoms with Crippen LogP contribution in [-0.4, -0.2) is 38.7 Å². The van der Waals surface area contributed by atoms with Crippen molar-refractivity contribution in [3.63, 3.8) is 0 Å². The fraction of sp³-hybridized carbons (Fsp3) is 0.333. The molecule has 0 fully saturated rings. The molecule has 0 bridgehead atoms. The Morgan fingerprint density at radius 3 is 2.62 bits per heavy atom. The highest BCUT2D eigenvalue weighted by molar-refractivity contribution is 6.33. The second-order valence-electron chi connectivity index (χ2n) is 5.27. The van der Waals surface area contributed by atoms with Gasteiger partial charge in [-0.1, -0.05) is 11.6 Å². The lowest BCUT2D eigenvalue weighted by Crippen LogP contribution is -2.16. The van der Waals surface area contributed by atoms with Gasteiger partial charge < -0.3 is 15.2 Å². The number of nitrogens with two attached hydrogens (primary N) is 1. The molecule has 0 saturated carbocycles. The molecule has 1 unspecified atom stereocenters. The van der Waals surface area contributed by atoms with Crippen molar-refractivity contribution < 1.29 is 9.47 Å². The van der Waals surface area contributed by atoms with Crippen LogP contribution in [0.25, 0.3) is 11.2 Å². The van der Waals surface area contributed by atoms with Crippen molar-refractivity contribution in [2.45, 2.75) is 20.1 Å². The minimum absolute atomic E-state index is 0.0651. The van der Waals surface area contributed by atoms with E-state index in [4.69, 9.17) is 26.8 Å². The maximum Gasteiger partial charge on any atom is 0.223 e. The van der Waals surface area contributed by atoms with Crippen LogP contribution in [0, 0.1) is 13.8 Å². The summed E-state index contributed by atoms with van der Waals surface area (Å²) < 4.78 is 12.8. The van der Waals surface area contributed by atoms with Crippen molar-refractivity contribution in [3.05, 3.63) is 34.5 Å². The number of nitrogen functional groups attached to an aromatic ring is 1. The zero-order valence-electron chi connectivity index (χ0n) is 13.7. The number of pyridine rings is 1. The van der Waals surface area contributed by atoms with Gasteiger partial charge in [-0.3, -0.25) is 9.55 Å². The highest BCUT2D eigenvalue weighted by Crippen LogP contribution is 2.31. The molecule has 24 heavy (non-hydrogen) atoms. The molecule has 9 heteroatoms. The van der Waals surface area contributed by atoms with Crippen molar-refractivity contribution in [2.24, 2.45) is 0 Å². The number of imidazole rings is 1. The molecule has 0 aromatic carbocycles. The van der Waals surface area contributed by atoms with Crippen LogP contribution in [0.2, 0.25) is 5.15 Å². The van der Waals surface area contributed by atoms with Gasteiger partial charge in [0.2, 0.25) is 5.95 Å². The fourth-order valence-corrected chi connectivity index (χ4v) is 2.94. The second kappa shape index (κ2) is 6.21. The van der Waals surface area contributed by atoms with Crippen LogP contribution in [0.5, 0.6) is 5.75 Å². The third kappa shape index (κ3) is 2.53. The predicted octanol–water partition coefficient (Wildman–Crippen LogP) is 2.28. The van der Waals surface area contributed by atoms with Crippen LogP contribution < -0.4 is 10.5 Å². The Balaban J connectivity index is 2.21. The number of methoxy groups -OCH3 is 2. The van der Waals surface area contributed by atoms with Gasteiger partial charge in [-0.25, -0.2) is 4.98 Å². The Bertz CT molecular complexity index is 911. The van der Waals surface area contributed by atoms with E-state index in [1.165, 1.54) is 0 Å². The molecule has 3 rings (SSSR count). The maximum absolute atomic E-state index is 6.09. The smallest absolute Gasteiger partial charge is 0.223 e. The number of nitrogens with zero attached hydrogens (tertiary/aromatic N) is 5. The van der Waals surface area contributed by atoms with Crippen molar-refractivity contribution in [2.75, 3.05) is 20.0 Å². The third-order valence-electron chi connectivity index (χ3n) is 3.79. The summed E-state index contributed by atoms with van der Waals surface area (Å²) in [6, 6.07) is 0. The molecule has 0 spiro atoms. The van der Waals surface area contributed by atoms with Gasteiger partial charge in [-0.2, -0.15) is 9.97 Å². The average Bonchev–Trinajstić information content (AvgIpc) is 2.95. The number of aryl methyl sites for hydroxylation is 1. The quantitative estimate of drug-likeness (QED) is 0.721. The van der Waals surface area contributed by atoms with Crippen LogP contribution >= 0.6 is 11.6 Å². The molecule has 2 N–H and O–H groups in total. The Morgan fingerprint density at radius 1 is 1.21 bits per heavy atom. The van der Waals surface area contributed by atoms with Crippen LogP contribution in [0.15, 0.2) is 12.5 Å². The van der Waals surface area contributed by atoms with Crippen molar-refractivity contribution in [1.82, 2.24) is 24.5 Å². The van der Waals surface area contributed by atoms with Crippen LogP contribution in [-0.2, 0) is 4.74 Å². The molecule has 0 aliphatic rings. The fourth-order valence-electron chi connectivity index (χ4n) is 2.72. The predicted molar refractivity (Wildman–Crippen MR) is 90.2 cm³/mol. The van der Waals surface area contributed by atoms with Crippen LogP contribution in [0.3, 0.4) is 0 Å². The molecule has 3 heterocycles. The van der Waals surface area contributed by atoms with Gasteiger partial charge in [-0.15, -0.1) is 0 Å². The first-order chi connectivity index (χ1) is 11.5. The van der Waals surface area contributed by atoms with Crippen molar-refractivity contribution in [1.29, 1.82) is 0 Å². The minimum Gasteiger partial charge on any atom is -0.496 e. The van der Waals surface area contributed by atoms with Gasteiger partial charge in [0.05, 0.1) is 19.1 Å². The number of fused-ring (bicyclic) bond motifs is 1. The lowest BCUT2D eigenvalue weighted by Gasteiger charge is -2.20. The van der Waals surface area contributed by atoms with Gasteiger partial charge in [-0.05, 0) is 13.8 Å². The number of hydrogen-bond donors (Lipinski definition) is 1. The third-order valence-corrected chi connectivity index (χ3v) is 4.05. The summed E-state index contributed by atoms with van der Waals surface area (Å²) in [7, 11) is 3.21. The lowest BCUT2D eigenvalue weighted by molar-refractivity contribution is 0.0769. The van der Waals surface area contributed by atoms with E-state index in [1.807, 2.05) is 13.8 Å². The summed E-state index contributed by atoms with van der Waals surface area (Å²) in [5.74, 6) is 0.828. The first-order valence-corrected chi connectivity index (χ1v) is 7.54. The average molecular weight is 349 g/mol. The summed E-state index contributed by atoms with van der Waals surface area (Å²) in [5.41, 5.74) is 9.13. The molecule has 8 nitrogen and oxygen atoms in total. The molecule has 3 aromatic heterocycles. The summed E-state index contributed by atoms with van der Waals surface area (Å²) in [5, 5.41) is 0.192. The summed E-state index contributed by atoms with van der Waals surface area (Å²) in [4.78, 5) is 16.9. The van der Waals surface area contributed by atoms with Crippen LogP contribution in [0.1, 0.15) is 23.0 Å². The SMILES string of the molecule is COc1c(C)cnc(C(OC)n2cnc3c(Cl)nc(N)nc32)c1C. The molecular formula is C15H17ClN6O2. The van der Waals surface area contributed by atoms with Gasteiger partial charge in [0.1, 0.15) is 11.3 Å². The number of aromatic nitrogens is 5. The number of hydrogen-bond acceptors (Lipinski definition) is 7. The molecule has 0 amide bonds. The summed E-state index contributed by atoms with van der Waals surface area (Å²) in [6.45, 7) is 3.86. The second-order valence-corrected chi connectivity index (χ2v) is 5.63. The topological polar surface area (TPSA) is 101 Å². The number of ether oxygens (including phenoxy) is 2. The number of anilines is 1.